The number of nitrogens with one attached hydrogen (secondary N) is 1. The number of benzene rings is 2. The van der Waals surface area contributed by atoms with Crippen LogP contribution in [0.15, 0.2) is 54.6 Å². The van der Waals surface area contributed by atoms with Crippen LogP contribution in [0.3, 0.4) is 0 Å². The van der Waals surface area contributed by atoms with Crippen molar-refractivity contribution in [3.05, 3.63) is 60.2 Å². The molecule has 1 N–H and O–H groups in total. The minimum Gasteiger partial charge on any atom is -0.490 e. The molecule has 0 aliphatic heterocycles. The summed E-state index contributed by atoms with van der Waals surface area (Å²) in [4.78, 5) is 24.8. The first-order valence-corrected chi connectivity index (χ1v) is 9.06. The monoisotopic (exact) mass is 369 g/mol. The van der Waals surface area contributed by atoms with Crippen LogP contribution in [0.1, 0.15) is 31.4 Å². The zero-order chi connectivity index (χ0) is 19.1. The van der Waals surface area contributed by atoms with Gasteiger partial charge in [0.1, 0.15) is 0 Å². The fourth-order valence-electron chi connectivity index (χ4n) is 2.55. The molecule has 0 radical (unpaired) electrons. The highest BCUT2D eigenvalue weighted by Gasteiger charge is 2.30. The Bertz CT molecular complexity index is 773. The van der Waals surface area contributed by atoms with Gasteiger partial charge in [-0.25, -0.2) is 4.79 Å². The Balaban J connectivity index is 1.63. The second-order valence-electron chi connectivity index (χ2n) is 6.23. The number of hydrogen-bond donors (Lipinski definition) is 1. The minimum atomic E-state index is -0.995. The van der Waals surface area contributed by atoms with Gasteiger partial charge in [0.25, 0.3) is 5.91 Å². The number of ether oxygens (including phenoxy) is 3. The zero-order valence-corrected chi connectivity index (χ0v) is 15.2. The molecular weight excluding hydrogens is 346 g/mol. The van der Waals surface area contributed by atoms with Gasteiger partial charge in [0.05, 0.1) is 6.61 Å². The van der Waals surface area contributed by atoms with Crippen LogP contribution < -0.4 is 14.8 Å². The lowest BCUT2D eigenvalue weighted by Gasteiger charge is -2.18. The average molecular weight is 369 g/mol. The molecule has 6 nitrogen and oxygen atoms in total. The van der Waals surface area contributed by atoms with Crippen LogP contribution in [0.25, 0.3) is 0 Å². The molecule has 1 amide bonds. The van der Waals surface area contributed by atoms with Gasteiger partial charge < -0.3 is 19.5 Å². The van der Waals surface area contributed by atoms with E-state index in [9.17, 15) is 9.59 Å². The van der Waals surface area contributed by atoms with Crippen LogP contribution in [0.5, 0.6) is 11.5 Å². The van der Waals surface area contributed by atoms with E-state index in [0.717, 1.165) is 12.8 Å². The topological polar surface area (TPSA) is 73.9 Å². The summed E-state index contributed by atoms with van der Waals surface area (Å²) in [6.45, 7) is 2.04. The number of rotatable bonds is 9. The highest BCUT2D eigenvalue weighted by Crippen LogP contribution is 2.27. The zero-order valence-electron chi connectivity index (χ0n) is 15.2. The van der Waals surface area contributed by atoms with Gasteiger partial charge in [0, 0.05) is 11.6 Å². The first-order chi connectivity index (χ1) is 13.2. The Morgan fingerprint density at radius 2 is 1.63 bits per heavy atom. The van der Waals surface area contributed by atoms with E-state index in [1.807, 2.05) is 19.1 Å². The summed E-state index contributed by atoms with van der Waals surface area (Å²) in [6.07, 6.45) is 0.918. The van der Waals surface area contributed by atoms with E-state index in [0.29, 0.717) is 23.7 Å². The fraction of sp³-hybridized carbons (Fsp3) is 0.333. The van der Waals surface area contributed by atoms with Crippen molar-refractivity contribution in [2.24, 2.45) is 0 Å². The average Bonchev–Trinajstić information content (AvgIpc) is 3.50. The summed E-state index contributed by atoms with van der Waals surface area (Å²) < 4.78 is 16.4. The highest BCUT2D eigenvalue weighted by atomic mass is 16.6. The van der Waals surface area contributed by atoms with Crippen molar-refractivity contribution in [3.8, 4) is 11.5 Å². The fourth-order valence-corrected chi connectivity index (χ4v) is 2.55. The van der Waals surface area contributed by atoms with Gasteiger partial charge in [-0.1, -0.05) is 42.5 Å². The van der Waals surface area contributed by atoms with Crippen LogP contribution in [-0.4, -0.2) is 31.1 Å². The molecule has 1 aliphatic carbocycles. The molecule has 142 valence electrons. The molecule has 0 saturated heterocycles. The quantitative estimate of drug-likeness (QED) is 0.688. The predicted octanol–water partition coefficient (Wildman–Crippen LogP) is 3.03. The second kappa shape index (κ2) is 9.07. The summed E-state index contributed by atoms with van der Waals surface area (Å²) in [5.41, 5.74) is 0.624. The molecule has 27 heavy (non-hydrogen) atoms. The number of esters is 1. The number of amides is 1. The van der Waals surface area contributed by atoms with E-state index >= 15 is 0 Å². The van der Waals surface area contributed by atoms with Crippen molar-refractivity contribution < 1.29 is 23.8 Å². The maximum absolute atomic E-state index is 12.5. The molecule has 0 spiro atoms. The number of hydrogen-bond acceptors (Lipinski definition) is 5. The van der Waals surface area contributed by atoms with Crippen LogP contribution in [-0.2, 0) is 14.3 Å². The third kappa shape index (κ3) is 5.48. The Hall–Kier alpha value is -3.02. The summed E-state index contributed by atoms with van der Waals surface area (Å²) in [5.74, 6) is 0.0711. The van der Waals surface area contributed by atoms with Gasteiger partial charge in [0.15, 0.2) is 18.1 Å². The molecule has 3 rings (SSSR count). The molecule has 6 heteroatoms. The SMILES string of the molecule is CCOc1ccccc1OCC(=O)O[C@@H](C(=O)NC1CC1)c1ccccc1. The van der Waals surface area contributed by atoms with E-state index in [1.165, 1.54) is 0 Å². The minimum absolute atomic E-state index is 0.178. The Kier molecular flexibility index (Phi) is 6.30. The molecule has 0 aromatic heterocycles. The molecule has 0 bridgehead atoms. The van der Waals surface area contributed by atoms with E-state index in [-0.39, 0.29) is 18.6 Å². The second-order valence-corrected chi connectivity index (χ2v) is 6.23. The van der Waals surface area contributed by atoms with Gasteiger partial charge in [-0.3, -0.25) is 4.79 Å². The largest absolute Gasteiger partial charge is 0.490 e. The van der Waals surface area contributed by atoms with Crippen LogP contribution in [0, 0.1) is 0 Å². The maximum atomic E-state index is 12.5. The molecule has 1 fully saturated rings. The van der Waals surface area contributed by atoms with Gasteiger partial charge >= 0.3 is 5.97 Å². The summed E-state index contributed by atoms with van der Waals surface area (Å²) in [6, 6.07) is 16.2. The van der Waals surface area contributed by atoms with E-state index < -0.39 is 12.1 Å². The number of para-hydroxylation sites is 2. The molecule has 2 aromatic carbocycles. The lowest BCUT2D eigenvalue weighted by molar-refractivity contribution is -0.158. The maximum Gasteiger partial charge on any atom is 0.345 e. The van der Waals surface area contributed by atoms with Gasteiger partial charge in [-0.05, 0) is 31.9 Å². The van der Waals surface area contributed by atoms with Gasteiger partial charge in [0.2, 0.25) is 6.10 Å². The first kappa shape index (κ1) is 18.8. The molecule has 0 heterocycles. The molecule has 0 unspecified atom stereocenters. The van der Waals surface area contributed by atoms with Gasteiger partial charge in [-0.15, -0.1) is 0 Å². The number of carbonyl (C=O) groups is 2. The van der Waals surface area contributed by atoms with E-state index in [1.54, 1.807) is 42.5 Å². The van der Waals surface area contributed by atoms with Crippen LogP contribution in [0.4, 0.5) is 0 Å². The highest BCUT2D eigenvalue weighted by molar-refractivity contribution is 5.85. The molecular formula is C21H23NO5. The van der Waals surface area contributed by atoms with Gasteiger partial charge in [-0.2, -0.15) is 0 Å². The molecule has 1 atom stereocenters. The van der Waals surface area contributed by atoms with Crippen molar-refractivity contribution in [1.29, 1.82) is 0 Å². The lowest BCUT2D eigenvalue weighted by Crippen LogP contribution is -2.34. The first-order valence-electron chi connectivity index (χ1n) is 9.06. The molecule has 2 aromatic rings. The van der Waals surface area contributed by atoms with Crippen LogP contribution in [0.2, 0.25) is 0 Å². The standard InChI is InChI=1S/C21H23NO5/c1-2-25-17-10-6-7-11-18(17)26-14-19(23)27-20(15-8-4-3-5-9-15)21(24)22-16-12-13-16/h3-11,16,20H,2,12-14H2,1H3,(H,22,24)/t20-/m1/s1. The van der Waals surface area contributed by atoms with Crippen molar-refractivity contribution in [3.63, 3.8) is 0 Å². The summed E-state index contributed by atoms with van der Waals surface area (Å²) in [7, 11) is 0. The third-order valence-corrected chi connectivity index (χ3v) is 4.01. The van der Waals surface area contributed by atoms with Crippen molar-refractivity contribution in [2.45, 2.75) is 31.9 Å². The molecule has 1 aliphatic rings. The van der Waals surface area contributed by atoms with Crippen molar-refractivity contribution in [1.82, 2.24) is 5.32 Å². The summed E-state index contributed by atoms with van der Waals surface area (Å²) >= 11 is 0. The van der Waals surface area contributed by atoms with E-state index in [2.05, 4.69) is 5.32 Å². The Labute approximate surface area is 158 Å². The summed E-state index contributed by atoms with van der Waals surface area (Å²) in [5, 5.41) is 2.88. The smallest absolute Gasteiger partial charge is 0.345 e. The number of carbonyl (C=O) groups excluding carboxylic acids is 2. The van der Waals surface area contributed by atoms with E-state index in [4.69, 9.17) is 14.2 Å². The van der Waals surface area contributed by atoms with Crippen molar-refractivity contribution in [2.75, 3.05) is 13.2 Å². The van der Waals surface area contributed by atoms with Crippen LogP contribution >= 0.6 is 0 Å². The third-order valence-electron chi connectivity index (χ3n) is 4.01. The Morgan fingerprint density at radius 3 is 2.26 bits per heavy atom. The van der Waals surface area contributed by atoms with Crippen molar-refractivity contribution >= 4 is 11.9 Å². The molecule has 1 saturated carbocycles. The Morgan fingerprint density at radius 1 is 1.00 bits per heavy atom. The normalized spacial score (nSPS) is 14.1. The lowest BCUT2D eigenvalue weighted by atomic mass is 10.1. The predicted molar refractivity (Wildman–Crippen MR) is 99.5 cm³/mol.